The quantitative estimate of drug-likeness (QED) is 0.879. The highest BCUT2D eigenvalue weighted by Gasteiger charge is 2.22. The summed E-state index contributed by atoms with van der Waals surface area (Å²) in [6, 6.07) is 18.3. The number of urea groups is 1. The van der Waals surface area contributed by atoms with Gasteiger partial charge in [-0.2, -0.15) is 0 Å². The lowest BCUT2D eigenvalue weighted by Gasteiger charge is -2.30. The van der Waals surface area contributed by atoms with E-state index in [0.717, 1.165) is 18.5 Å². The Labute approximate surface area is 149 Å². The fourth-order valence-corrected chi connectivity index (χ4v) is 3.47. The van der Waals surface area contributed by atoms with Gasteiger partial charge in [-0.25, -0.2) is 4.79 Å². The maximum absolute atomic E-state index is 12.6. The monoisotopic (exact) mass is 338 g/mol. The van der Waals surface area contributed by atoms with E-state index in [1.54, 1.807) is 6.92 Å². The molecule has 0 aromatic heterocycles. The van der Waals surface area contributed by atoms with Gasteiger partial charge in [0.1, 0.15) is 0 Å². The number of carbonyl (C=O) groups is 1. The predicted octanol–water partition coefficient (Wildman–Crippen LogP) is 3.31. The van der Waals surface area contributed by atoms with Gasteiger partial charge < -0.3 is 15.3 Å². The van der Waals surface area contributed by atoms with E-state index in [-0.39, 0.29) is 11.9 Å². The first-order chi connectivity index (χ1) is 12.1. The fraction of sp³-hybridized carbons (Fsp3) is 0.381. The highest BCUT2D eigenvalue weighted by atomic mass is 16.3. The number of benzene rings is 2. The summed E-state index contributed by atoms with van der Waals surface area (Å²) in [6.45, 7) is 3.73. The van der Waals surface area contributed by atoms with E-state index >= 15 is 0 Å². The molecule has 2 amide bonds. The third-order valence-corrected chi connectivity index (χ3v) is 4.81. The Kier molecular flexibility index (Phi) is 5.71. The third-order valence-electron chi connectivity index (χ3n) is 4.81. The van der Waals surface area contributed by atoms with Crippen LogP contribution in [-0.4, -0.2) is 35.2 Å². The molecule has 0 bridgehead atoms. The van der Waals surface area contributed by atoms with Crippen LogP contribution in [-0.2, 0) is 13.0 Å². The van der Waals surface area contributed by atoms with Crippen molar-refractivity contribution in [3.8, 4) is 0 Å². The highest BCUT2D eigenvalue weighted by molar-refractivity contribution is 5.74. The number of amides is 2. The van der Waals surface area contributed by atoms with Gasteiger partial charge in [0.2, 0.25) is 0 Å². The number of hydrogen-bond donors (Lipinski definition) is 2. The molecule has 2 N–H and O–H groups in total. The van der Waals surface area contributed by atoms with E-state index in [9.17, 15) is 9.90 Å². The standard InChI is InChI=1S/C21H26N2O2/c1-16(24)13-20(17-7-3-2-4-8-17)14-22-21(25)23-12-11-18-9-5-6-10-19(18)15-23/h2-10,16,20,24H,11-15H2,1H3,(H,22,25)/t16-,20+/m0/s1. The summed E-state index contributed by atoms with van der Waals surface area (Å²) in [5.74, 6) is 0.113. The second kappa shape index (κ2) is 8.17. The van der Waals surface area contributed by atoms with Crippen LogP contribution in [0.1, 0.15) is 36.0 Å². The summed E-state index contributed by atoms with van der Waals surface area (Å²) in [6.07, 6.45) is 1.14. The normalized spacial score (nSPS) is 16.0. The topological polar surface area (TPSA) is 52.6 Å². The lowest BCUT2D eigenvalue weighted by molar-refractivity contribution is 0.169. The minimum atomic E-state index is -0.399. The molecule has 0 spiro atoms. The van der Waals surface area contributed by atoms with Gasteiger partial charge in [-0.3, -0.25) is 0 Å². The summed E-state index contributed by atoms with van der Waals surface area (Å²) in [5.41, 5.74) is 3.71. The minimum absolute atomic E-state index is 0.0268. The van der Waals surface area contributed by atoms with Crippen LogP contribution in [0, 0.1) is 0 Å². The summed E-state index contributed by atoms with van der Waals surface area (Å²) < 4.78 is 0. The summed E-state index contributed by atoms with van der Waals surface area (Å²) >= 11 is 0. The lowest BCUT2D eigenvalue weighted by Crippen LogP contribution is -2.44. The summed E-state index contributed by atoms with van der Waals surface area (Å²) in [4.78, 5) is 14.4. The Morgan fingerprint density at radius 1 is 1.12 bits per heavy atom. The number of aliphatic hydroxyl groups is 1. The van der Waals surface area contributed by atoms with Crippen LogP contribution >= 0.6 is 0 Å². The molecule has 2 aromatic carbocycles. The molecule has 2 atom stereocenters. The Bertz CT molecular complexity index is 700. The maximum Gasteiger partial charge on any atom is 0.317 e. The Hall–Kier alpha value is -2.33. The smallest absolute Gasteiger partial charge is 0.317 e. The molecule has 2 aromatic rings. The molecule has 4 heteroatoms. The zero-order valence-corrected chi connectivity index (χ0v) is 14.7. The zero-order chi connectivity index (χ0) is 17.6. The van der Waals surface area contributed by atoms with E-state index in [0.29, 0.717) is 19.5 Å². The van der Waals surface area contributed by atoms with E-state index in [1.807, 2.05) is 29.2 Å². The van der Waals surface area contributed by atoms with Crippen molar-refractivity contribution in [3.63, 3.8) is 0 Å². The lowest BCUT2D eigenvalue weighted by atomic mass is 9.93. The molecule has 132 valence electrons. The average Bonchev–Trinajstić information content (AvgIpc) is 2.65. The molecule has 0 fully saturated rings. The van der Waals surface area contributed by atoms with E-state index in [4.69, 9.17) is 0 Å². The van der Waals surface area contributed by atoms with Gasteiger partial charge in [-0.05, 0) is 36.5 Å². The molecule has 1 aliphatic rings. The predicted molar refractivity (Wildman–Crippen MR) is 99.4 cm³/mol. The largest absolute Gasteiger partial charge is 0.393 e. The molecule has 0 unspecified atom stereocenters. The van der Waals surface area contributed by atoms with Gasteiger partial charge in [0.05, 0.1) is 6.10 Å². The number of carbonyl (C=O) groups excluding carboxylic acids is 1. The van der Waals surface area contributed by atoms with Crippen LogP contribution in [0.15, 0.2) is 54.6 Å². The van der Waals surface area contributed by atoms with E-state index < -0.39 is 6.10 Å². The van der Waals surface area contributed by atoms with Crippen LogP contribution in [0.4, 0.5) is 4.79 Å². The number of fused-ring (bicyclic) bond motifs is 1. The molecule has 0 saturated carbocycles. The SMILES string of the molecule is C[C@H](O)C[C@H](CNC(=O)N1CCc2ccccc2C1)c1ccccc1. The number of hydrogen-bond acceptors (Lipinski definition) is 2. The number of nitrogens with zero attached hydrogens (tertiary/aromatic N) is 1. The molecule has 0 aliphatic carbocycles. The molecular formula is C21H26N2O2. The first-order valence-corrected chi connectivity index (χ1v) is 8.96. The van der Waals surface area contributed by atoms with Gasteiger partial charge in [-0.1, -0.05) is 54.6 Å². The maximum atomic E-state index is 12.6. The number of nitrogens with one attached hydrogen (secondary N) is 1. The van der Waals surface area contributed by atoms with Crippen molar-refractivity contribution in [1.29, 1.82) is 0 Å². The van der Waals surface area contributed by atoms with Crippen molar-refractivity contribution < 1.29 is 9.90 Å². The van der Waals surface area contributed by atoms with E-state index in [1.165, 1.54) is 11.1 Å². The molecule has 1 heterocycles. The second-order valence-corrected chi connectivity index (χ2v) is 6.82. The Balaban J connectivity index is 1.60. The van der Waals surface area contributed by atoms with Crippen molar-refractivity contribution in [3.05, 3.63) is 71.3 Å². The number of rotatable bonds is 5. The molecular weight excluding hydrogens is 312 g/mol. The Morgan fingerprint density at radius 2 is 1.80 bits per heavy atom. The molecule has 0 saturated heterocycles. The van der Waals surface area contributed by atoms with Gasteiger partial charge in [-0.15, -0.1) is 0 Å². The first kappa shape index (κ1) is 17.5. The highest BCUT2D eigenvalue weighted by Crippen LogP contribution is 2.21. The first-order valence-electron chi connectivity index (χ1n) is 8.96. The van der Waals surface area contributed by atoms with Crippen LogP contribution in [0.5, 0.6) is 0 Å². The summed E-state index contributed by atoms with van der Waals surface area (Å²) in [5, 5.41) is 12.8. The van der Waals surface area contributed by atoms with Crippen molar-refractivity contribution >= 4 is 6.03 Å². The van der Waals surface area contributed by atoms with Gasteiger partial charge in [0.25, 0.3) is 0 Å². The molecule has 4 nitrogen and oxygen atoms in total. The van der Waals surface area contributed by atoms with Crippen LogP contribution in [0.25, 0.3) is 0 Å². The molecule has 3 rings (SSSR count). The fourth-order valence-electron chi connectivity index (χ4n) is 3.47. The average molecular weight is 338 g/mol. The minimum Gasteiger partial charge on any atom is -0.393 e. The molecule has 1 aliphatic heterocycles. The van der Waals surface area contributed by atoms with E-state index in [2.05, 4.69) is 35.6 Å². The third kappa shape index (κ3) is 4.60. The van der Waals surface area contributed by atoms with Crippen LogP contribution in [0.3, 0.4) is 0 Å². The number of aliphatic hydroxyl groups excluding tert-OH is 1. The van der Waals surface area contributed by atoms with Crippen molar-refractivity contribution in [2.24, 2.45) is 0 Å². The molecule has 25 heavy (non-hydrogen) atoms. The zero-order valence-electron chi connectivity index (χ0n) is 14.7. The van der Waals surface area contributed by atoms with Gasteiger partial charge in [0.15, 0.2) is 0 Å². The Morgan fingerprint density at radius 3 is 2.52 bits per heavy atom. The van der Waals surface area contributed by atoms with Crippen molar-refractivity contribution in [1.82, 2.24) is 10.2 Å². The summed E-state index contributed by atoms with van der Waals surface area (Å²) in [7, 11) is 0. The van der Waals surface area contributed by atoms with Gasteiger partial charge in [0, 0.05) is 25.6 Å². The van der Waals surface area contributed by atoms with Crippen LogP contribution in [0.2, 0.25) is 0 Å². The van der Waals surface area contributed by atoms with Gasteiger partial charge >= 0.3 is 6.03 Å². The van der Waals surface area contributed by atoms with Crippen molar-refractivity contribution in [2.45, 2.75) is 38.3 Å². The van der Waals surface area contributed by atoms with Crippen molar-refractivity contribution in [2.75, 3.05) is 13.1 Å². The second-order valence-electron chi connectivity index (χ2n) is 6.82. The van der Waals surface area contributed by atoms with Crippen LogP contribution < -0.4 is 5.32 Å². The molecule has 0 radical (unpaired) electrons.